The monoisotopic (exact) mass is 343 g/mol. The number of aryl methyl sites for hydroxylation is 1. The second kappa shape index (κ2) is 7.46. The van der Waals surface area contributed by atoms with E-state index in [2.05, 4.69) is 25.5 Å². The van der Waals surface area contributed by atoms with Crippen LogP contribution in [-0.2, 0) is 6.54 Å². The van der Waals surface area contributed by atoms with Crippen LogP contribution in [0.3, 0.4) is 0 Å². The average molecular weight is 343 g/mol. The van der Waals surface area contributed by atoms with Crippen molar-refractivity contribution in [2.75, 3.05) is 23.3 Å². The average Bonchev–Trinajstić information content (AvgIpc) is 3.11. The smallest absolute Gasteiger partial charge is 0.319 e. The highest BCUT2D eigenvalue weighted by Gasteiger charge is 2.15. The molecule has 132 valence electrons. The Kier molecular flexibility index (Phi) is 5.11. The number of urea groups is 1. The lowest BCUT2D eigenvalue weighted by atomic mass is 10.2. The summed E-state index contributed by atoms with van der Waals surface area (Å²) in [5.41, 5.74) is 1.72. The fourth-order valence-electron chi connectivity index (χ4n) is 2.87. The molecule has 2 N–H and O–H groups in total. The van der Waals surface area contributed by atoms with E-state index in [0.29, 0.717) is 17.1 Å². The normalized spacial score (nSPS) is 13.8. The minimum atomic E-state index is -0.415. The number of carbonyl (C=O) groups excluding carboxylic acids is 1. The predicted molar refractivity (Wildman–Crippen MR) is 95.2 cm³/mol. The first-order chi connectivity index (χ1) is 12.0. The van der Waals surface area contributed by atoms with E-state index in [9.17, 15) is 9.18 Å². The summed E-state index contributed by atoms with van der Waals surface area (Å²) in [6.45, 7) is 5.76. The van der Waals surface area contributed by atoms with Gasteiger partial charge in [-0.25, -0.2) is 19.2 Å². The minimum absolute atomic E-state index is 0.211. The Morgan fingerprint density at radius 3 is 2.76 bits per heavy atom. The first-order valence-electron chi connectivity index (χ1n) is 8.42. The highest BCUT2D eigenvalue weighted by molar-refractivity contribution is 5.89. The fourth-order valence-corrected chi connectivity index (χ4v) is 2.87. The number of aromatic nitrogens is 2. The molecule has 2 amide bonds. The van der Waals surface area contributed by atoms with Gasteiger partial charge in [0.25, 0.3) is 0 Å². The van der Waals surface area contributed by atoms with Crippen molar-refractivity contribution in [2.24, 2.45) is 0 Å². The van der Waals surface area contributed by atoms with Gasteiger partial charge in [0.05, 0.1) is 6.54 Å². The molecule has 6 nitrogen and oxygen atoms in total. The summed E-state index contributed by atoms with van der Waals surface area (Å²) in [6, 6.07) is 6.13. The number of nitrogens with one attached hydrogen (secondary N) is 2. The van der Waals surface area contributed by atoms with Crippen LogP contribution in [0.5, 0.6) is 0 Å². The molecule has 0 atom stereocenters. The molecule has 0 aliphatic carbocycles. The molecule has 1 fully saturated rings. The van der Waals surface area contributed by atoms with E-state index in [0.717, 1.165) is 24.6 Å². The third-order valence-corrected chi connectivity index (χ3v) is 4.24. The summed E-state index contributed by atoms with van der Waals surface area (Å²) in [4.78, 5) is 23.2. The Morgan fingerprint density at radius 2 is 2.00 bits per heavy atom. The van der Waals surface area contributed by atoms with Gasteiger partial charge in [0.15, 0.2) is 0 Å². The lowest BCUT2D eigenvalue weighted by Crippen LogP contribution is -2.30. The molecule has 2 aromatic rings. The van der Waals surface area contributed by atoms with Gasteiger partial charge in [-0.15, -0.1) is 0 Å². The minimum Gasteiger partial charge on any atom is -0.357 e. The maximum absolute atomic E-state index is 13.5. The molecule has 25 heavy (non-hydrogen) atoms. The number of rotatable bonds is 4. The van der Waals surface area contributed by atoms with Crippen LogP contribution < -0.4 is 15.5 Å². The highest BCUT2D eigenvalue weighted by atomic mass is 19.1. The van der Waals surface area contributed by atoms with Crippen molar-refractivity contribution in [2.45, 2.75) is 33.2 Å². The Balaban J connectivity index is 1.63. The van der Waals surface area contributed by atoms with Crippen LogP contribution in [0.25, 0.3) is 0 Å². The second-order valence-electron chi connectivity index (χ2n) is 6.20. The molecule has 0 radical (unpaired) electrons. The second-order valence-corrected chi connectivity index (χ2v) is 6.20. The van der Waals surface area contributed by atoms with Gasteiger partial charge in [0.2, 0.25) is 0 Å². The van der Waals surface area contributed by atoms with E-state index in [1.165, 1.54) is 18.9 Å². The summed E-state index contributed by atoms with van der Waals surface area (Å²) in [5.74, 6) is 1.12. The molecule has 1 saturated heterocycles. The predicted octanol–water partition coefficient (Wildman–Crippen LogP) is 3.15. The number of nitrogens with zero attached hydrogens (tertiary/aromatic N) is 3. The standard InChI is InChI=1S/C18H22FN5O/c1-12-10-17(24-8-3-4-9-24)23-16(21-12)11-20-18(25)22-15-7-5-6-14(19)13(15)2/h5-7,10H,3-4,8-9,11H2,1-2H3,(H2,20,22,25). The molecule has 2 heterocycles. The molecular weight excluding hydrogens is 321 g/mol. The Labute approximate surface area is 146 Å². The fraction of sp³-hybridized carbons (Fsp3) is 0.389. The molecule has 1 aliphatic heterocycles. The molecule has 7 heteroatoms. The van der Waals surface area contributed by atoms with Crippen LogP contribution in [0.4, 0.5) is 20.7 Å². The van der Waals surface area contributed by atoms with E-state index in [-0.39, 0.29) is 12.4 Å². The van der Waals surface area contributed by atoms with Crippen molar-refractivity contribution >= 4 is 17.5 Å². The van der Waals surface area contributed by atoms with Gasteiger partial charge in [-0.2, -0.15) is 0 Å². The number of hydrogen-bond donors (Lipinski definition) is 2. The largest absolute Gasteiger partial charge is 0.357 e. The summed E-state index contributed by atoms with van der Waals surface area (Å²) in [7, 11) is 0. The van der Waals surface area contributed by atoms with Crippen LogP contribution in [0.2, 0.25) is 0 Å². The Bertz CT molecular complexity index is 774. The van der Waals surface area contributed by atoms with Gasteiger partial charge >= 0.3 is 6.03 Å². The summed E-state index contributed by atoms with van der Waals surface area (Å²) >= 11 is 0. The van der Waals surface area contributed by atoms with E-state index in [1.54, 1.807) is 19.1 Å². The number of carbonyl (C=O) groups is 1. The van der Waals surface area contributed by atoms with Crippen molar-refractivity contribution in [1.82, 2.24) is 15.3 Å². The van der Waals surface area contributed by atoms with Crippen molar-refractivity contribution < 1.29 is 9.18 Å². The number of benzene rings is 1. The van der Waals surface area contributed by atoms with Crippen molar-refractivity contribution in [1.29, 1.82) is 0 Å². The summed E-state index contributed by atoms with van der Waals surface area (Å²) < 4.78 is 13.5. The van der Waals surface area contributed by atoms with Gasteiger partial charge < -0.3 is 15.5 Å². The van der Waals surface area contributed by atoms with E-state index in [1.807, 2.05) is 13.0 Å². The van der Waals surface area contributed by atoms with Crippen molar-refractivity contribution in [3.05, 3.63) is 47.2 Å². The zero-order valence-electron chi connectivity index (χ0n) is 14.5. The maximum Gasteiger partial charge on any atom is 0.319 e. The van der Waals surface area contributed by atoms with Crippen LogP contribution in [0.15, 0.2) is 24.3 Å². The quantitative estimate of drug-likeness (QED) is 0.895. The molecule has 1 aromatic heterocycles. The van der Waals surface area contributed by atoms with Gasteiger partial charge in [0, 0.05) is 36.1 Å². The number of halogens is 1. The number of amides is 2. The third kappa shape index (κ3) is 4.23. The van der Waals surface area contributed by atoms with Gasteiger partial charge in [0.1, 0.15) is 17.5 Å². The number of anilines is 2. The van der Waals surface area contributed by atoms with Crippen LogP contribution in [0.1, 0.15) is 29.9 Å². The molecule has 3 rings (SSSR count). The highest BCUT2D eigenvalue weighted by Crippen LogP contribution is 2.19. The molecule has 0 unspecified atom stereocenters. The first kappa shape index (κ1) is 17.1. The Hall–Kier alpha value is -2.70. The first-order valence-corrected chi connectivity index (χ1v) is 8.42. The van der Waals surface area contributed by atoms with E-state index in [4.69, 9.17) is 0 Å². The Morgan fingerprint density at radius 1 is 1.24 bits per heavy atom. The summed E-state index contributed by atoms with van der Waals surface area (Å²) in [5, 5.41) is 5.37. The molecule has 0 bridgehead atoms. The molecular formula is C18H22FN5O. The maximum atomic E-state index is 13.5. The van der Waals surface area contributed by atoms with Crippen LogP contribution in [-0.4, -0.2) is 29.1 Å². The third-order valence-electron chi connectivity index (χ3n) is 4.24. The zero-order valence-corrected chi connectivity index (χ0v) is 14.5. The van der Waals surface area contributed by atoms with Crippen molar-refractivity contribution in [3.8, 4) is 0 Å². The van der Waals surface area contributed by atoms with Gasteiger partial charge in [-0.1, -0.05) is 6.07 Å². The van der Waals surface area contributed by atoms with Gasteiger partial charge in [-0.3, -0.25) is 0 Å². The molecule has 0 spiro atoms. The number of hydrogen-bond acceptors (Lipinski definition) is 4. The van der Waals surface area contributed by atoms with Crippen molar-refractivity contribution in [3.63, 3.8) is 0 Å². The van der Waals surface area contributed by atoms with Crippen LogP contribution >= 0.6 is 0 Å². The lowest BCUT2D eigenvalue weighted by molar-refractivity contribution is 0.251. The molecule has 0 saturated carbocycles. The zero-order chi connectivity index (χ0) is 17.8. The summed E-state index contributed by atoms with van der Waals surface area (Å²) in [6.07, 6.45) is 2.35. The van der Waals surface area contributed by atoms with Crippen LogP contribution in [0, 0.1) is 19.7 Å². The van der Waals surface area contributed by atoms with E-state index < -0.39 is 6.03 Å². The molecule has 1 aliphatic rings. The SMILES string of the molecule is Cc1cc(N2CCCC2)nc(CNC(=O)Nc2cccc(F)c2C)n1. The molecule has 1 aromatic carbocycles. The van der Waals surface area contributed by atoms with E-state index >= 15 is 0 Å². The lowest BCUT2D eigenvalue weighted by Gasteiger charge is -2.17. The topological polar surface area (TPSA) is 70.2 Å². The van der Waals surface area contributed by atoms with Gasteiger partial charge in [-0.05, 0) is 38.8 Å².